The van der Waals surface area contributed by atoms with Gasteiger partial charge in [0.05, 0.1) is 6.42 Å². The number of ether oxygens (including phenoxy) is 1. The molecule has 0 aliphatic rings. The van der Waals surface area contributed by atoms with E-state index in [0.717, 1.165) is 23.1 Å². The van der Waals surface area contributed by atoms with Crippen LogP contribution in [0.1, 0.15) is 11.3 Å². The van der Waals surface area contributed by atoms with Crippen LogP contribution in [0.25, 0.3) is 11.0 Å². The Morgan fingerprint density at radius 1 is 1.12 bits per heavy atom. The molecule has 0 saturated carbocycles. The summed E-state index contributed by atoms with van der Waals surface area (Å²) in [5, 5.41) is 3.51. The molecule has 130 valence electrons. The number of amides is 1. The molecule has 25 heavy (non-hydrogen) atoms. The molecule has 0 aliphatic heterocycles. The van der Waals surface area contributed by atoms with Gasteiger partial charge in [-0.15, -0.1) is 13.2 Å². The van der Waals surface area contributed by atoms with E-state index in [9.17, 15) is 18.0 Å². The molecule has 3 rings (SSSR count). The highest BCUT2D eigenvalue weighted by molar-refractivity contribution is 5.95. The highest BCUT2D eigenvalue weighted by atomic mass is 19.4. The number of fused-ring (bicyclic) bond motifs is 1. The fraction of sp³-hybridized carbons (Fsp3) is 0.167. The number of carbonyl (C=O) groups is 1. The van der Waals surface area contributed by atoms with Crippen LogP contribution in [0.2, 0.25) is 0 Å². The maximum atomic E-state index is 12.2. The van der Waals surface area contributed by atoms with Crippen LogP contribution in [0.5, 0.6) is 5.75 Å². The maximum Gasteiger partial charge on any atom is 0.573 e. The zero-order valence-corrected chi connectivity index (χ0v) is 13.2. The van der Waals surface area contributed by atoms with Crippen LogP contribution in [-0.4, -0.2) is 12.3 Å². The van der Waals surface area contributed by atoms with E-state index >= 15 is 0 Å². The quantitative estimate of drug-likeness (QED) is 0.735. The predicted molar refractivity (Wildman–Crippen MR) is 86.4 cm³/mol. The van der Waals surface area contributed by atoms with E-state index in [0.29, 0.717) is 17.0 Å². The molecule has 0 spiro atoms. The fourth-order valence-electron chi connectivity index (χ4n) is 2.55. The molecule has 0 fully saturated rings. The monoisotopic (exact) mass is 349 g/mol. The van der Waals surface area contributed by atoms with Gasteiger partial charge in [-0.25, -0.2) is 0 Å². The Bertz CT molecular complexity index is 898. The zero-order valence-electron chi connectivity index (χ0n) is 13.2. The summed E-state index contributed by atoms with van der Waals surface area (Å²) in [6.07, 6.45) is -4.64. The summed E-state index contributed by atoms with van der Waals surface area (Å²) < 4.78 is 45.8. The van der Waals surface area contributed by atoms with Crippen molar-refractivity contribution >= 4 is 22.6 Å². The third-order valence-electron chi connectivity index (χ3n) is 3.61. The van der Waals surface area contributed by atoms with Crippen molar-refractivity contribution in [2.75, 3.05) is 5.32 Å². The number of hydrogen-bond donors (Lipinski definition) is 1. The Balaban J connectivity index is 1.69. The second kappa shape index (κ2) is 6.51. The standard InChI is InChI=1S/C18H14F3NO3/c1-11-15(14-4-2-3-5-16(14)24-11)10-17(23)22-12-6-8-13(9-7-12)25-18(19,20)21/h2-9H,10H2,1H3,(H,22,23). The van der Waals surface area contributed by atoms with E-state index in [1.165, 1.54) is 12.1 Å². The van der Waals surface area contributed by atoms with E-state index in [1.807, 2.05) is 24.3 Å². The van der Waals surface area contributed by atoms with Gasteiger partial charge in [-0.1, -0.05) is 18.2 Å². The minimum absolute atomic E-state index is 0.101. The summed E-state index contributed by atoms with van der Waals surface area (Å²) in [5.41, 5.74) is 1.87. The number of alkyl halides is 3. The number of aryl methyl sites for hydroxylation is 1. The molecule has 0 bridgehead atoms. The molecule has 1 heterocycles. The molecule has 3 aromatic rings. The Morgan fingerprint density at radius 3 is 2.48 bits per heavy atom. The molecule has 2 aromatic carbocycles. The first kappa shape index (κ1) is 16.9. The van der Waals surface area contributed by atoms with Crippen LogP contribution in [0.15, 0.2) is 52.9 Å². The number of nitrogens with one attached hydrogen (secondary N) is 1. The third kappa shape index (κ3) is 4.12. The smallest absolute Gasteiger partial charge is 0.461 e. The lowest BCUT2D eigenvalue weighted by Gasteiger charge is -2.10. The van der Waals surface area contributed by atoms with Crippen LogP contribution in [0, 0.1) is 6.92 Å². The van der Waals surface area contributed by atoms with Crippen molar-refractivity contribution in [1.82, 2.24) is 0 Å². The molecular formula is C18H14F3NO3. The van der Waals surface area contributed by atoms with Crippen LogP contribution in [0.4, 0.5) is 18.9 Å². The molecule has 0 unspecified atom stereocenters. The lowest BCUT2D eigenvalue weighted by molar-refractivity contribution is -0.274. The minimum atomic E-state index is -4.75. The van der Waals surface area contributed by atoms with Gasteiger partial charge in [0.1, 0.15) is 17.1 Å². The Kier molecular flexibility index (Phi) is 4.39. The van der Waals surface area contributed by atoms with Crippen LogP contribution < -0.4 is 10.1 Å². The number of para-hydroxylation sites is 1. The van der Waals surface area contributed by atoms with E-state index in [-0.39, 0.29) is 18.1 Å². The SMILES string of the molecule is Cc1oc2ccccc2c1CC(=O)Nc1ccc(OC(F)(F)F)cc1. The molecule has 1 N–H and O–H groups in total. The van der Waals surface area contributed by atoms with Gasteiger partial charge in [0.15, 0.2) is 0 Å². The molecule has 4 nitrogen and oxygen atoms in total. The summed E-state index contributed by atoms with van der Waals surface area (Å²) >= 11 is 0. The predicted octanol–water partition coefficient (Wildman–Crippen LogP) is 4.82. The van der Waals surface area contributed by atoms with Crippen molar-refractivity contribution in [3.8, 4) is 5.75 Å². The van der Waals surface area contributed by atoms with Crippen LogP contribution >= 0.6 is 0 Å². The number of halogens is 3. The molecular weight excluding hydrogens is 335 g/mol. The lowest BCUT2D eigenvalue weighted by atomic mass is 10.1. The van der Waals surface area contributed by atoms with Crippen molar-refractivity contribution in [2.45, 2.75) is 19.7 Å². The van der Waals surface area contributed by atoms with Crippen LogP contribution in [-0.2, 0) is 11.2 Å². The number of anilines is 1. The average molecular weight is 349 g/mol. The van der Waals surface area contributed by atoms with Crippen molar-refractivity contribution in [3.05, 3.63) is 59.9 Å². The Hall–Kier alpha value is -2.96. The number of benzene rings is 2. The second-order valence-corrected chi connectivity index (χ2v) is 5.43. The number of hydrogen-bond acceptors (Lipinski definition) is 3. The summed E-state index contributed by atoms with van der Waals surface area (Å²) in [6.45, 7) is 1.78. The third-order valence-corrected chi connectivity index (χ3v) is 3.61. The van der Waals surface area contributed by atoms with Gasteiger partial charge in [-0.2, -0.15) is 0 Å². The molecule has 0 saturated heterocycles. The molecule has 0 radical (unpaired) electrons. The number of furan rings is 1. The van der Waals surface area contributed by atoms with Crippen molar-refractivity contribution < 1.29 is 27.1 Å². The number of carbonyl (C=O) groups excluding carboxylic acids is 1. The van der Waals surface area contributed by atoms with Gasteiger partial charge in [-0.3, -0.25) is 4.79 Å². The Labute approximate surface area is 141 Å². The van der Waals surface area contributed by atoms with Crippen molar-refractivity contribution in [2.24, 2.45) is 0 Å². The molecule has 0 aliphatic carbocycles. The first-order chi connectivity index (χ1) is 11.8. The highest BCUT2D eigenvalue weighted by Gasteiger charge is 2.30. The van der Waals surface area contributed by atoms with Gasteiger partial charge in [0, 0.05) is 16.6 Å². The molecule has 1 amide bonds. The normalized spacial score (nSPS) is 11.5. The van der Waals surface area contributed by atoms with E-state index < -0.39 is 6.36 Å². The Morgan fingerprint density at radius 2 is 1.80 bits per heavy atom. The van der Waals surface area contributed by atoms with E-state index in [4.69, 9.17) is 4.42 Å². The van der Waals surface area contributed by atoms with Gasteiger partial charge in [0.25, 0.3) is 0 Å². The zero-order chi connectivity index (χ0) is 18.0. The lowest BCUT2D eigenvalue weighted by Crippen LogP contribution is -2.17. The molecule has 0 atom stereocenters. The minimum Gasteiger partial charge on any atom is -0.461 e. The summed E-state index contributed by atoms with van der Waals surface area (Å²) in [6, 6.07) is 12.4. The van der Waals surface area contributed by atoms with Crippen LogP contribution in [0.3, 0.4) is 0 Å². The maximum absolute atomic E-state index is 12.2. The first-order valence-corrected chi connectivity index (χ1v) is 7.44. The fourth-order valence-corrected chi connectivity index (χ4v) is 2.55. The second-order valence-electron chi connectivity index (χ2n) is 5.43. The van der Waals surface area contributed by atoms with Gasteiger partial charge < -0.3 is 14.5 Å². The first-order valence-electron chi connectivity index (χ1n) is 7.44. The van der Waals surface area contributed by atoms with Crippen molar-refractivity contribution in [1.29, 1.82) is 0 Å². The largest absolute Gasteiger partial charge is 0.573 e. The van der Waals surface area contributed by atoms with Crippen molar-refractivity contribution in [3.63, 3.8) is 0 Å². The van der Waals surface area contributed by atoms with E-state index in [1.54, 1.807) is 6.92 Å². The topological polar surface area (TPSA) is 51.5 Å². The molecule has 1 aromatic heterocycles. The van der Waals surface area contributed by atoms with E-state index in [2.05, 4.69) is 10.1 Å². The summed E-state index contributed by atoms with van der Waals surface area (Å²) in [7, 11) is 0. The summed E-state index contributed by atoms with van der Waals surface area (Å²) in [5.74, 6) is 0.0200. The summed E-state index contributed by atoms with van der Waals surface area (Å²) in [4.78, 5) is 12.2. The number of rotatable bonds is 4. The average Bonchev–Trinajstić information content (AvgIpc) is 2.84. The molecule has 7 heteroatoms. The van der Waals surface area contributed by atoms with Gasteiger partial charge >= 0.3 is 6.36 Å². The van der Waals surface area contributed by atoms with Gasteiger partial charge in [-0.05, 0) is 37.3 Å². The highest BCUT2D eigenvalue weighted by Crippen LogP contribution is 2.27. The van der Waals surface area contributed by atoms with Gasteiger partial charge in [0.2, 0.25) is 5.91 Å².